The van der Waals surface area contributed by atoms with Crippen LogP contribution in [-0.4, -0.2) is 34.7 Å². The van der Waals surface area contributed by atoms with Crippen molar-refractivity contribution >= 4 is 29.0 Å². The number of aromatic nitrogens is 2. The quantitative estimate of drug-likeness (QED) is 0.302. The summed E-state index contributed by atoms with van der Waals surface area (Å²) in [5.41, 5.74) is 6.33. The molecule has 0 aliphatic carbocycles. The second kappa shape index (κ2) is 9.77. The summed E-state index contributed by atoms with van der Waals surface area (Å²) in [5, 5.41) is 2.91. The van der Waals surface area contributed by atoms with Crippen LogP contribution in [0.4, 0.5) is 11.4 Å². The van der Waals surface area contributed by atoms with Crippen LogP contribution in [0.5, 0.6) is 0 Å². The number of carbonyl (C=O) groups excluding carboxylic acids is 2. The number of H-pyrrole nitrogens is 1. The van der Waals surface area contributed by atoms with Crippen LogP contribution >= 0.6 is 0 Å². The van der Waals surface area contributed by atoms with E-state index in [-0.39, 0.29) is 5.91 Å². The fourth-order valence-electron chi connectivity index (χ4n) is 4.26. The van der Waals surface area contributed by atoms with Crippen LogP contribution in [0, 0.1) is 0 Å². The van der Waals surface area contributed by atoms with Crippen molar-refractivity contribution in [3.05, 3.63) is 113 Å². The highest BCUT2D eigenvalue weighted by Gasteiger charge is 2.35. The minimum atomic E-state index is -0.598. The summed E-state index contributed by atoms with van der Waals surface area (Å²) in [6.45, 7) is 0. The molecule has 2 heterocycles. The minimum absolute atomic E-state index is 0.180. The van der Waals surface area contributed by atoms with E-state index in [4.69, 9.17) is 9.73 Å². The maximum Gasteiger partial charge on any atom is 0.337 e. The molecule has 1 atom stereocenters. The van der Waals surface area contributed by atoms with Gasteiger partial charge in [0, 0.05) is 17.6 Å². The standard InChI is InChI=1S/C28H24N4O3/c1-35-28(34)20-10-14-23-24(15-20)32-27(33)25(23)26(19-5-3-2-4-6-19)31-21-11-7-18(8-12-21)9-13-22-16-29-17-30-22/h2-8,10-12,14-17,25H,9,13H2,1H3,(H,29,30)(H,32,33). The molecule has 174 valence electrons. The first-order valence-corrected chi connectivity index (χ1v) is 11.4. The van der Waals surface area contributed by atoms with Crippen molar-refractivity contribution < 1.29 is 14.3 Å². The molecule has 1 amide bonds. The number of hydrogen-bond acceptors (Lipinski definition) is 5. The first-order valence-electron chi connectivity index (χ1n) is 11.4. The normalized spacial score (nSPS) is 14.9. The number of aryl methyl sites for hydroxylation is 2. The molecule has 1 aromatic heterocycles. The number of fused-ring (bicyclic) bond motifs is 1. The molecular formula is C28H24N4O3. The molecule has 35 heavy (non-hydrogen) atoms. The first kappa shape index (κ1) is 22.3. The Morgan fingerprint density at radius 2 is 1.80 bits per heavy atom. The maximum atomic E-state index is 13.1. The van der Waals surface area contributed by atoms with Crippen molar-refractivity contribution in [2.24, 2.45) is 4.99 Å². The molecule has 0 saturated carbocycles. The largest absolute Gasteiger partial charge is 0.465 e. The third-order valence-corrected chi connectivity index (χ3v) is 6.07. The van der Waals surface area contributed by atoms with Crippen molar-refractivity contribution in [2.75, 3.05) is 12.4 Å². The SMILES string of the molecule is COC(=O)c1ccc2c(c1)NC(=O)C2C(=Nc1ccc(CCc2cnc[nH]2)cc1)c1ccccc1. The zero-order valence-electron chi connectivity index (χ0n) is 19.2. The second-order valence-corrected chi connectivity index (χ2v) is 8.32. The fraction of sp³-hybridized carbons (Fsp3) is 0.143. The van der Waals surface area contributed by atoms with Crippen molar-refractivity contribution in [1.29, 1.82) is 0 Å². The van der Waals surface area contributed by atoms with Gasteiger partial charge in [0.15, 0.2) is 0 Å². The molecule has 1 aliphatic rings. The Balaban J connectivity index is 1.47. The highest BCUT2D eigenvalue weighted by Crippen LogP contribution is 2.37. The Morgan fingerprint density at radius 1 is 1.00 bits per heavy atom. The van der Waals surface area contributed by atoms with Gasteiger partial charge in [-0.15, -0.1) is 0 Å². The van der Waals surface area contributed by atoms with E-state index < -0.39 is 11.9 Å². The highest BCUT2D eigenvalue weighted by atomic mass is 16.5. The lowest BCUT2D eigenvalue weighted by Crippen LogP contribution is -2.21. The molecule has 3 aromatic carbocycles. The van der Waals surface area contributed by atoms with Crippen molar-refractivity contribution in [2.45, 2.75) is 18.8 Å². The van der Waals surface area contributed by atoms with Gasteiger partial charge in [-0.05, 0) is 53.8 Å². The van der Waals surface area contributed by atoms with Crippen LogP contribution in [0.25, 0.3) is 0 Å². The van der Waals surface area contributed by atoms with Crippen molar-refractivity contribution in [1.82, 2.24) is 9.97 Å². The molecule has 0 radical (unpaired) electrons. The number of imidazole rings is 1. The lowest BCUT2D eigenvalue weighted by Gasteiger charge is -2.14. The van der Waals surface area contributed by atoms with Crippen LogP contribution in [0.2, 0.25) is 0 Å². The van der Waals surface area contributed by atoms with Gasteiger partial charge in [0.2, 0.25) is 5.91 Å². The Kier molecular flexibility index (Phi) is 6.22. The molecule has 7 heteroatoms. The average Bonchev–Trinajstić information content (AvgIpc) is 3.53. The molecule has 0 saturated heterocycles. The molecule has 5 rings (SSSR count). The number of ether oxygens (including phenoxy) is 1. The van der Waals surface area contributed by atoms with E-state index in [1.807, 2.05) is 48.7 Å². The molecule has 1 aliphatic heterocycles. The Bertz CT molecular complexity index is 1380. The number of methoxy groups -OCH3 is 1. The average molecular weight is 465 g/mol. The fourth-order valence-corrected chi connectivity index (χ4v) is 4.26. The van der Waals surface area contributed by atoms with E-state index in [9.17, 15) is 9.59 Å². The van der Waals surface area contributed by atoms with Gasteiger partial charge >= 0.3 is 5.97 Å². The summed E-state index contributed by atoms with van der Waals surface area (Å²) < 4.78 is 4.81. The smallest absolute Gasteiger partial charge is 0.337 e. The number of nitrogens with one attached hydrogen (secondary N) is 2. The zero-order valence-corrected chi connectivity index (χ0v) is 19.2. The zero-order chi connectivity index (χ0) is 24.2. The number of hydrogen-bond donors (Lipinski definition) is 2. The van der Waals surface area contributed by atoms with Gasteiger partial charge in [-0.2, -0.15) is 0 Å². The van der Waals surface area contributed by atoms with Gasteiger partial charge in [0.1, 0.15) is 5.92 Å². The topological polar surface area (TPSA) is 96.4 Å². The molecule has 1 unspecified atom stereocenters. The van der Waals surface area contributed by atoms with E-state index in [0.29, 0.717) is 17.0 Å². The number of aromatic amines is 1. The molecule has 4 aromatic rings. The van der Waals surface area contributed by atoms with Gasteiger partial charge < -0.3 is 15.0 Å². The van der Waals surface area contributed by atoms with Crippen LogP contribution in [0.15, 0.2) is 90.3 Å². The van der Waals surface area contributed by atoms with Crippen molar-refractivity contribution in [3.63, 3.8) is 0 Å². The number of benzene rings is 3. The number of amides is 1. The number of carbonyl (C=O) groups is 2. The molecular weight excluding hydrogens is 440 g/mol. The number of nitrogens with zero attached hydrogens (tertiary/aromatic N) is 2. The van der Waals surface area contributed by atoms with Crippen LogP contribution in [0.3, 0.4) is 0 Å². The first-order chi connectivity index (χ1) is 17.1. The van der Waals surface area contributed by atoms with Gasteiger partial charge in [0.05, 0.1) is 30.4 Å². The number of anilines is 1. The lowest BCUT2D eigenvalue weighted by molar-refractivity contribution is -0.115. The Hall–Kier alpha value is -4.52. The van der Waals surface area contributed by atoms with E-state index in [0.717, 1.165) is 35.3 Å². The predicted octanol–water partition coefficient (Wildman–Crippen LogP) is 4.84. The number of esters is 1. The molecule has 2 N–H and O–H groups in total. The number of aliphatic imine (C=N–C) groups is 1. The van der Waals surface area contributed by atoms with Crippen LogP contribution in [0.1, 0.15) is 38.7 Å². The summed E-state index contributed by atoms with van der Waals surface area (Å²) in [4.78, 5) is 37.2. The molecule has 0 fully saturated rings. The minimum Gasteiger partial charge on any atom is -0.465 e. The van der Waals surface area contributed by atoms with E-state index in [1.54, 1.807) is 24.5 Å². The summed E-state index contributed by atoms with van der Waals surface area (Å²) in [5.74, 6) is -1.23. The third-order valence-electron chi connectivity index (χ3n) is 6.07. The molecule has 0 spiro atoms. The van der Waals surface area contributed by atoms with Crippen molar-refractivity contribution in [3.8, 4) is 0 Å². The predicted molar refractivity (Wildman–Crippen MR) is 134 cm³/mol. The summed E-state index contributed by atoms with van der Waals surface area (Å²) >= 11 is 0. The lowest BCUT2D eigenvalue weighted by atomic mass is 9.90. The van der Waals surface area contributed by atoms with E-state index in [1.165, 1.54) is 12.7 Å². The van der Waals surface area contributed by atoms with Gasteiger partial charge in [-0.1, -0.05) is 48.5 Å². The number of rotatable bonds is 7. The molecule has 0 bridgehead atoms. The maximum absolute atomic E-state index is 13.1. The van der Waals surface area contributed by atoms with E-state index in [2.05, 4.69) is 27.4 Å². The third kappa shape index (κ3) is 4.75. The van der Waals surface area contributed by atoms with Gasteiger partial charge in [-0.25, -0.2) is 9.78 Å². The second-order valence-electron chi connectivity index (χ2n) is 8.32. The van der Waals surface area contributed by atoms with E-state index >= 15 is 0 Å². The highest BCUT2D eigenvalue weighted by molar-refractivity contribution is 6.24. The van der Waals surface area contributed by atoms with Crippen LogP contribution < -0.4 is 5.32 Å². The van der Waals surface area contributed by atoms with Gasteiger partial charge in [0.25, 0.3) is 0 Å². The Morgan fingerprint density at radius 3 is 2.51 bits per heavy atom. The summed E-state index contributed by atoms with van der Waals surface area (Å²) in [7, 11) is 1.33. The monoisotopic (exact) mass is 464 g/mol. The Labute approximate surface area is 202 Å². The molecule has 7 nitrogen and oxygen atoms in total. The summed E-state index contributed by atoms with van der Waals surface area (Å²) in [6.07, 6.45) is 5.29. The van der Waals surface area contributed by atoms with Gasteiger partial charge in [-0.3, -0.25) is 9.79 Å². The van der Waals surface area contributed by atoms with Crippen LogP contribution in [-0.2, 0) is 22.4 Å². The summed E-state index contributed by atoms with van der Waals surface area (Å²) in [6, 6.07) is 22.9.